The van der Waals surface area contributed by atoms with Crippen molar-refractivity contribution in [3.05, 3.63) is 59.9 Å². The van der Waals surface area contributed by atoms with Crippen LogP contribution < -0.4 is 0 Å². The van der Waals surface area contributed by atoms with Gasteiger partial charge in [0.05, 0.1) is 12.5 Å². The molecule has 1 aromatic carbocycles. The number of benzene rings is 1. The van der Waals surface area contributed by atoms with E-state index in [0.29, 0.717) is 6.42 Å². The summed E-state index contributed by atoms with van der Waals surface area (Å²) in [5.41, 5.74) is 2.45. The Morgan fingerprint density at radius 2 is 1.82 bits per heavy atom. The van der Waals surface area contributed by atoms with Crippen LogP contribution in [0.2, 0.25) is 0 Å². The maximum absolute atomic E-state index is 12.7. The highest BCUT2D eigenvalue weighted by molar-refractivity contribution is 5.77. The van der Waals surface area contributed by atoms with Crippen LogP contribution in [0, 0.1) is 6.92 Å². The number of amides is 1. The third kappa shape index (κ3) is 3.41. The maximum Gasteiger partial charge on any atom is 0.225 e. The Morgan fingerprint density at radius 1 is 1.09 bits per heavy atom. The van der Waals surface area contributed by atoms with E-state index in [4.69, 9.17) is 0 Å². The summed E-state index contributed by atoms with van der Waals surface area (Å²) >= 11 is 0. The van der Waals surface area contributed by atoms with Gasteiger partial charge < -0.3 is 9.47 Å². The number of aromatic nitrogens is 1. The number of hydrogen-bond donors (Lipinski definition) is 0. The minimum absolute atomic E-state index is 0.0873. The van der Waals surface area contributed by atoms with E-state index in [1.54, 1.807) is 0 Å². The Morgan fingerprint density at radius 3 is 2.50 bits per heavy atom. The lowest BCUT2D eigenvalue weighted by Gasteiger charge is -2.29. The maximum atomic E-state index is 12.7. The molecule has 1 amide bonds. The number of rotatable bonds is 4. The zero-order valence-electron chi connectivity index (χ0n) is 13.2. The van der Waals surface area contributed by atoms with Gasteiger partial charge in [-0.25, -0.2) is 0 Å². The first kappa shape index (κ1) is 14.9. The van der Waals surface area contributed by atoms with E-state index in [9.17, 15) is 4.79 Å². The van der Waals surface area contributed by atoms with Crippen molar-refractivity contribution in [1.29, 1.82) is 0 Å². The molecule has 2 aromatic rings. The van der Waals surface area contributed by atoms with Gasteiger partial charge >= 0.3 is 0 Å². The molecule has 1 aromatic heterocycles. The summed E-state index contributed by atoms with van der Waals surface area (Å²) in [5, 5.41) is 0. The molecule has 1 aliphatic heterocycles. The van der Waals surface area contributed by atoms with Crippen molar-refractivity contribution in [1.82, 2.24) is 9.47 Å². The van der Waals surface area contributed by atoms with E-state index in [1.165, 1.54) is 17.5 Å². The SMILES string of the molecule is Cc1cccc([C@H](CC(=O)N2CCCCC2)n2cccc2)c1. The number of likely N-dealkylation sites (tertiary alicyclic amines) is 1. The van der Waals surface area contributed by atoms with Crippen molar-refractivity contribution in [3.8, 4) is 0 Å². The number of aryl methyl sites for hydroxylation is 1. The van der Waals surface area contributed by atoms with Crippen molar-refractivity contribution in [2.75, 3.05) is 13.1 Å². The van der Waals surface area contributed by atoms with Crippen molar-refractivity contribution >= 4 is 5.91 Å². The third-order valence-corrected chi connectivity index (χ3v) is 4.49. The molecule has 2 heterocycles. The minimum Gasteiger partial charge on any atom is -0.346 e. The Bertz CT molecular complexity index is 612. The number of piperidine rings is 1. The Kier molecular flexibility index (Phi) is 4.62. The molecule has 0 radical (unpaired) electrons. The Labute approximate surface area is 132 Å². The van der Waals surface area contributed by atoms with Crippen molar-refractivity contribution in [2.45, 2.75) is 38.6 Å². The van der Waals surface area contributed by atoms with Crippen LogP contribution in [0.5, 0.6) is 0 Å². The zero-order chi connectivity index (χ0) is 15.4. The Balaban J connectivity index is 1.81. The zero-order valence-corrected chi connectivity index (χ0v) is 13.2. The van der Waals surface area contributed by atoms with Gasteiger partial charge in [0.2, 0.25) is 5.91 Å². The highest BCUT2D eigenvalue weighted by atomic mass is 16.2. The first-order valence-electron chi connectivity index (χ1n) is 8.21. The fourth-order valence-electron chi connectivity index (χ4n) is 3.27. The standard InChI is InChI=1S/C19H24N2O/c1-16-8-7-9-17(14-16)18(20-10-5-6-11-20)15-19(22)21-12-3-2-4-13-21/h5-11,14,18H,2-4,12-13,15H2,1H3/t18-/m0/s1. The van der Waals surface area contributed by atoms with Crippen LogP contribution in [0.3, 0.4) is 0 Å². The van der Waals surface area contributed by atoms with Crippen LogP contribution in [0.1, 0.15) is 42.9 Å². The third-order valence-electron chi connectivity index (χ3n) is 4.49. The molecule has 3 heteroatoms. The molecule has 0 spiro atoms. The fourth-order valence-corrected chi connectivity index (χ4v) is 3.27. The van der Waals surface area contributed by atoms with Crippen LogP contribution in [0.25, 0.3) is 0 Å². The van der Waals surface area contributed by atoms with Gasteiger partial charge in [-0.05, 0) is 43.9 Å². The molecule has 0 aliphatic carbocycles. The highest BCUT2D eigenvalue weighted by Gasteiger charge is 2.22. The molecular formula is C19H24N2O. The summed E-state index contributed by atoms with van der Waals surface area (Å²) in [6.45, 7) is 3.94. The van der Waals surface area contributed by atoms with E-state index in [1.807, 2.05) is 17.0 Å². The number of nitrogens with zero attached hydrogens (tertiary/aromatic N) is 2. The first-order chi connectivity index (χ1) is 10.7. The summed E-state index contributed by atoms with van der Waals surface area (Å²) in [5.74, 6) is 0.278. The van der Waals surface area contributed by atoms with E-state index in [-0.39, 0.29) is 11.9 Å². The van der Waals surface area contributed by atoms with Gasteiger partial charge in [0.15, 0.2) is 0 Å². The lowest BCUT2D eigenvalue weighted by atomic mass is 10.00. The van der Waals surface area contributed by atoms with Gasteiger partial charge in [0.25, 0.3) is 0 Å². The molecule has 1 atom stereocenters. The second kappa shape index (κ2) is 6.82. The monoisotopic (exact) mass is 296 g/mol. The number of carbonyl (C=O) groups is 1. The first-order valence-corrected chi connectivity index (χ1v) is 8.21. The molecule has 0 bridgehead atoms. The lowest BCUT2D eigenvalue weighted by molar-refractivity contribution is -0.132. The second-order valence-electron chi connectivity index (χ2n) is 6.21. The van der Waals surface area contributed by atoms with Crippen LogP contribution >= 0.6 is 0 Å². The summed E-state index contributed by atoms with van der Waals surface area (Å²) < 4.78 is 2.15. The smallest absolute Gasteiger partial charge is 0.225 e. The molecule has 3 nitrogen and oxygen atoms in total. The highest BCUT2D eigenvalue weighted by Crippen LogP contribution is 2.25. The molecule has 1 saturated heterocycles. The van der Waals surface area contributed by atoms with Gasteiger partial charge in [-0.3, -0.25) is 4.79 Å². The molecule has 0 saturated carbocycles. The largest absolute Gasteiger partial charge is 0.346 e. The molecule has 1 aliphatic rings. The van der Waals surface area contributed by atoms with E-state index in [2.05, 4.69) is 48.1 Å². The summed E-state index contributed by atoms with van der Waals surface area (Å²) in [6.07, 6.45) is 8.18. The summed E-state index contributed by atoms with van der Waals surface area (Å²) in [7, 11) is 0. The van der Waals surface area contributed by atoms with Gasteiger partial charge in [0, 0.05) is 25.5 Å². The molecule has 22 heavy (non-hydrogen) atoms. The topological polar surface area (TPSA) is 25.2 Å². The molecule has 116 valence electrons. The second-order valence-corrected chi connectivity index (χ2v) is 6.21. The quantitative estimate of drug-likeness (QED) is 0.842. The number of carbonyl (C=O) groups excluding carboxylic acids is 1. The normalized spacial score (nSPS) is 16.5. The average molecular weight is 296 g/mol. The van der Waals surface area contributed by atoms with Crippen LogP contribution in [-0.2, 0) is 4.79 Å². The van der Waals surface area contributed by atoms with Crippen molar-refractivity contribution < 1.29 is 4.79 Å². The lowest BCUT2D eigenvalue weighted by Crippen LogP contribution is -2.36. The summed E-state index contributed by atoms with van der Waals surface area (Å²) in [6, 6.07) is 12.6. The van der Waals surface area contributed by atoms with Gasteiger partial charge in [0.1, 0.15) is 0 Å². The summed E-state index contributed by atoms with van der Waals surface area (Å²) in [4.78, 5) is 14.7. The Hall–Kier alpha value is -2.03. The van der Waals surface area contributed by atoms with E-state index >= 15 is 0 Å². The molecule has 0 unspecified atom stereocenters. The predicted molar refractivity (Wildman–Crippen MR) is 88.8 cm³/mol. The molecule has 1 fully saturated rings. The van der Waals surface area contributed by atoms with Crippen LogP contribution in [0.15, 0.2) is 48.8 Å². The van der Waals surface area contributed by atoms with Crippen LogP contribution in [-0.4, -0.2) is 28.5 Å². The number of hydrogen-bond acceptors (Lipinski definition) is 1. The van der Waals surface area contributed by atoms with Gasteiger partial charge in [-0.2, -0.15) is 0 Å². The van der Waals surface area contributed by atoms with Crippen molar-refractivity contribution in [2.24, 2.45) is 0 Å². The average Bonchev–Trinajstić information content (AvgIpc) is 3.07. The molecule has 0 N–H and O–H groups in total. The molecule has 3 rings (SSSR count). The van der Waals surface area contributed by atoms with Crippen molar-refractivity contribution in [3.63, 3.8) is 0 Å². The van der Waals surface area contributed by atoms with Crippen LogP contribution in [0.4, 0.5) is 0 Å². The van der Waals surface area contributed by atoms with E-state index < -0.39 is 0 Å². The fraction of sp³-hybridized carbons (Fsp3) is 0.421. The van der Waals surface area contributed by atoms with E-state index in [0.717, 1.165) is 25.9 Å². The van der Waals surface area contributed by atoms with Gasteiger partial charge in [-0.15, -0.1) is 0 Å². The minimum atomic E-state index is 0.0873. The van der Waals surface area contributed by atoms with Gasteiger partial charge in [-0.1, -0.05) is 29.8 Å². The molecular weight excluding hydrogens is 272 g/mol. The predicted octanol–water partition coefficient (Wildman–Crippen LogP) is 3.79.